The van der Waals surface area contributed by atoms with Gasteiger partial charge in [0.05, 0.1) is 13.0 Å². The number of hydrogen-bond acceptors (Lipinski definition) is 3. The van der Waals surface area contributed by atoms with Gasteiger partial charge in [-0.15, -0.1) is 0 Å². The van der Waals surface area contributed by atoms with E-state index in [1.54, 1.807) is 0 Å². The molecule has 1 N–H and O–H groups in total. The van der Waals surface area contributed by atoms with Crippen molar-refractivity contribution in [3.05, 3.63) is 28.7 Å². The second kappa shape index (κ2) is 8.39. The molecule has 0 aromatic heterocycles. The zero-order valence-corrected chi connectivity index (χ0v) is 14.1. The summed E-state index contributed by atoms with van der Waals surface area (Å²) in [6, 6.07) is 8.04. The lowest BCUT2D eigenvalue weighted by Gasteiger charge is -2.28. The first-order valence-corrected chi connectivity index (χ1v) is 8.38. The molecule has 116 valence electrons. The van der Waals surface area contributed by atoms with Crippen molar-refractivity contribution in [3.8, 4) is 5.75 Å². The standard InChI is InChI=1S/C16H23BrN2O2/c1-2-9-19(14-6-8-18-12-14)16(20)7-10-21-15-5-3-4-13(17)11-15/h3-5,11,14,18H,2,6-10,12H2,1H3. The van der Waals surface area contributed by atoms with Crippen LogP contribution in [0.25, 0.3) is 0 Å². The predicted octanol–water partition coefficient (Wildman–Crippen LogP) is 2.82. The topological polar surface area (TPSA) is 41.6 Å². The Morgan fingerprint density at radius 2 is 2.38 bits per heavy atom. The SMILES string of the molecule is CCCN(C(=O)CCOc1cccc(Br)c1)C1CCNC1. The van der Waals surface area contributed by atoms with Gasteiger partial charge >= 0.3 is 0 Å². The number of rotatable bonds is 7. The second-order valence-electron chi connectivity index (χ2n) is 5.29. The van der Waals surface area contributed by atoms with Crippen LogP contribution < -0.4 is 10.1 Å². The molecule has 0 radical (unpaired) electrons. The molecule has 1 saturated heterocycles. The Balaban J connectivity index is 1.81. The highest BCUT2D eigenvalue weighted by Gasteiger charge is 2.25. The van der Waals surface area contributed by atoms with E-state index in [2.05, 4.69) is 28.2 Å². The average molecular weight is 355 g/mol. The highest BCUT2D eigenvalue weighted by Crippen LogP contribution is 2.18. The van der Waals surface area contributed by atoms with Crippen LogP contribution >= 0.6 is 15.9 Å². The minimum atomic E-state index is 0.195. The van der Waals surface area contributed by atoms with Gasteiger partial charge in [0, 0.05) is 23.6 Å². The number of halogens is 1. The summed E-state index contributed by atoms with van der Waals surface area (Å²) in [5.41, 5.74) is 0. The molecule has 1 aliphatic heterocycles. The predicted molar refractivity (Wildman–Crippen MR) is 87.5 cm³/mol. The summed E-state index contributed by atoms with van der Waals surface area (Å²) in [5.74, 6) is 0.988. The van der Waals surface area contributed by atoms with E-state index in [4.69, 9.17) is 4.74 Å². The van der Waals surface area contributed by atoms with Crippen LogP contribution in [-0.4, -0.2) is 43.1 Å². The second-order valence-corrected chi connectivity index (χ2v) is 6.21. The van der Waals surface area contributed by atoms with Crippen molar-refractivity contribution in [2.45, 2.75) is 32.2 Å². The summed E-state index contributed by atoms with van der Waals surface area (Å²) in [6.45, 7) is 5.29. The van der Waals surface area contributed by atoms with E-state index < -0.39 is 0 Å². The monoisotopic (exact) mass is 354 g/mol. The Bertz CT molecular complexity index is 461. The molecule has 21 heavy (non-hydrogen) atoms. The maximum Gasteiger partial charge on any atom is 0.226 e. The smallest absolute Gasteiger partial charge is 0.226 e. The molecule has 1 fully saturated rings. The molecule has 1 heterocycles. The van der Waals surface area contributed by atoms with Crippen molar-refractivity contribution in [1.29, 1.82) is 0 Å². The molecule has 1 unspecified atom stereocenters. The number of benzene rings is 1. The molecule has 1 aromatic rings. The van der Waals surface area contributed by atoms with Gasteiger partial charge in [0.25, 0.3) is 0 Å². The van der Waals surface area contributed by atoms with Crippen molar-refractivity contribution in [3.63, 3.8) is 0 Å². The van der Waals surface area contributed by atoms with Crippen LogP contribution in [0.5, 0.6) is 5.75 Å². The van der Waals surface area contributed by atoms with Crippen molar-refractivity contribution in [1.82, 2.24) is 10.2 Å². The van der Waals surface area contributed by atoms with Gasteiger partial charge in [-0.05, 0) is 37.6 Å². The molecular weight excluding hydrogens is 332 g/mol. The number of carbonyl (C=O) groups excluding carboxylic acids is 1. The largest absolute Gasteiger partial charge is 0.493 e. The molecule has 0 bridgehead atoms. The Labute approximate surface area is 135 Å². The summed E-state index contributed by atoms with van der Waals surface area (Å²) >= 11 is 3.41. The van der Waals surface area contributed by atoms with E-state index in [0.717, 1.165) is 42.7 Å². The lowest BCUT2D eigenvalue weighted by atomic mass is 10.2. The Morgan fingerprint density at radius 3 is 3.05 bits per heavy atom. The van der Waals surface area contributed by atoms with Crippen LogP contribution in [0.1, 0.15) is 26.2 Å². The summed E-state index contributed by atoms with van der Waals surface area (Å²) in [7, 11) is 0. The molecule has 2 rings (SSSR count). The molecule has 5 heteroatoms. The zero-order valence-electron chi connectivity index (χ0n) is 12.5. The van der Waals surface area contributed by atoms with Gasteiger partial charge in [-0.3, -0.25) is 4.79 Å². The number of nitrogens with zero attached hydrogens (tertiary/aromatic N) is 1. The Hall–Kier alpha value is -1.07. The average Bonchev–Trinajstić information content (AvgIpc) is 2.98. The fraction of sp³-hybridized carbons (Fsp3) is 0.562. The number of ether oxygens (including phenoxy) is 1. The molecule has 1 aromatic carbocycles. The van der Waals surface area contributed by atoms with Gasteiger partial charge in [0.2, 0.25) is 5.91 Å². The quantitative estimate of drug-likeness (QED) is 0.818. The molecular formula is C16H23BrN2O2. The van der Waals surface area contributed by atoms with Crippen molar-refractivity contribution in [2.24, 2.45) is 0 Å². The Morgan fingerprint density at radius 1 is 1.52 bits per heavy atom. The first-order valence-electron chi connectivity index (χ1n) is 7.59. The third kappa shape index (κ3) is 5.00. The van der Waals surface area contributed by atoms with E-state index in [1.807, 2.05) is 29.2 Å². The van der Waals surface area contributed by atoms with Gasteiger partial charge in [-0.1, -0.05) is 28.9 Å². The fourth-order valence-corrected chi connectivity index (χ4v) is 2.99. The molecule has 4 nitrogen and oxygen atoms in total. The highest BCUT2D eigenvalue weighted by atomic mass is 79.9. The maximum atomic E-state index is 12.4. The molecule has 1 atom stereocenters. The first kappa shape index (κ1) is 16.3. The number of carbonyl (C=O) groups is 1. The third-order valence-electron chi connectivity index (χ3n) is 3.64. The lowest BCUT2D eigenvalue weighted by molar-refractivity contribution is -0.133. The van der Waals surface area contributed by atoms with E-state index in [-0.39, 0.29) is 5.91 Å². The van der Waals surface area contributed by atoms with E-state index in [1.165, 1.54) is 0 Å². The molecule has 1 aliphatic rings. The van der Waals surface area contributed by atoms with Crippen molar-refractivity contribution < 1.29 is 9.53 Å². The lowest BCUT2D eigenvalue weighted by Crippen LogP contribution is -2.42. The normalized spacial score (nSPS) is 17.7. The summed E-state index contributed by atoms with van der Waals surface area (Å²) in [4.78, 5) is 14.4. The first-order chi connectivity index (χ1) is 10.2. The van der Waals surface area contributed by atoms with Gasteiger partial charge in [0.1, 0.15) is 5.75 Å². The van der Waals surface area contributed by atoms with E-state index in [9.17, 15) is 4.79 Å². The number of nitrogens with one attached hydrogen (secondary N) is 1. The Kier molecular flexibility index (Phi) is 6.51. The van der Waals surface area contributed by atoms with Crippen LogP contribution in [0.2, 0.25) is 0 Å². The fourth-order valence-electron chi connectivity index (χ4n) is 2.61. The van der Waals surface area contributed by atoms with E-state index >= 15 is 0 Å². The van der Waals surface area contributed by atoms with Gasteiger partial charge in [0.15, 0.2) is 0 Å². The number of amides is 1. The van der Waals surface area contributed by atoms with Crippen molar-refractivity contribution in [2.75, 3.05) is 26.2 Å². The minimum absolute atomic E-state index is 0.195. The molecule has 0 saturated carbocycles. The highest BCUT2D eigenvalue weighted by molar-refractivity contribution is 9.10. The van der Waals surface area contributed by atoms with Crippen LogP contribution in [-0.2, 0) is 4.79 Å². The molecule has 0 spiro atoms. The van der Waals surface area contributed by atoms with Gasteiger partial charge in [-0.2, -0.15) is 0 Å². The van der Waals surface area contributed by atoms with Gasteiger partial charge < -0.3 is 15.0 Å². The van der Waals surface area contributed by atoms with Gasteiger partial charge in [-0.25, -0.2) is 0 Å². The maximum absolute atomic E-state index is 12.4. The third-order valence-corrected chi connectivity index (χ3v) is 4.13. The van der Waals surface area contributed by atoms with E-state index in [0.29, 0.717) is 19.1 Å². The van der Waals surface area contributed by atoms with Crippen LogP contribution in [0, 0.1) is 0 Å². The van der Waals surface area contributed by atoms with Crippen molar-refractivity contribution >= 4 is 21.8 Å². The summed E-state index contributed by atoms with van der Waals surface area (Å²) in [6.07, 6.45) is 2.48. The molecule has 1 amide bonds. The van der Waals surface area contributed by atoms with Crippen LogP contribution in [0.4, 0.5) is 0 Å². The van der Waals surface area contributed by atoms with Crippen LogP contribution in [0.3, 0.4) is 0 Å². The minimum Gasteiger partial charge on any atom is -0.493 e. The number of hydrogen-bond donors (Lipinski definition) is 1. The molecule has 0 aliphatic carbocycles. The zero-order chi connectivity index (χ0) is 15.1. The summed E-state index contributed by atoms with van der Waals surface area (Å²) in [5, 5.41) is 3.32. The van der Waals surface area contributed by atoms with Crippen LogP contribution in [0.15, 0.2) is 28.7 Å². The summed E-state index contributed by atoms with van der Waals surface area (Å²) < 4.78 is 6.64.